The van der Waals surface area contributed by atoms with Gasteiger partial charge in [0.05, 0.1) is 5.75 Å². The van der Waals surface area contributed by atoms with Crippen molar-refractivity contribution in [2.75, 3.05) is 30.5 Å². The van der Waals surface area contributed by atoms with E-state index in [1.807, 2.05) is 17.3 Å². The molecule has 0 saturated heterocycles. The van der Waals surface area contributed by atoms with Crippen molar-refractivity contribution in [3.05, 3.63) is 9.98 Å². The first kappa shape index (κ1) is 11.9. The third-order valence-electron chi connectivity index (χ3n) is 1.59. The van der Waals surface area contributed by atoms with Crippen LogP contribution in [0, 0.1) is 0 Å². The minimum atomic E-state index is -2.90. The van der Waals surface area contributed by atoms with E-state index in [1.165, 1.54) is 17.6 Å². The van der Waals surface area contributed by atoms with Crippen LogP contribution in [0.1, 0.15) is 0 Å². The standard InChI is InChI=1S/C7H11BrN2O2S2/c1-10(3-4-14(2,11)12)7-9-6(8)5-13-7/h5H,3-4H2,1-2H3. The molecule has 0 amide bonds. The van der Waals surface area contributed by atoms with Gasteiger partial charge in [-0.3, -0.25) is 0 Å². The third-order valence-corrected chi connectivity index (χ3v) is 4.18. The molecule has 0 atom stereocenters. The zero-order valence-corrected chi connectivity index (χ0v) is 11.1. The van der Waals surface area contributed by atoms with Crippen molar-refractivity contribution in [1.82, 2.24) is 4.98 Å². The van der Waals surface area contributed by atoms with Crippen LogP contribution in [0.2, 0.25) is 0 Å². The minimum absolute atomic E-state index is 0.153. The Balaban J connectivity index is 2.55. The molecule has 0 fully saturated rings. The van der Waals surface area contributed by atoms with Gasteiger partial charge in [-0.25, -0.2) is 13.4 Å². The fourth-order valence-electron chi connectivity index (χ4n) is 0.819. The maximum atomic E-state index is 10.9. The fraction of sp³-hybridized carbons (Fsp3) is 0.571. The van der Waals surface area contributed by atoms with Gasteiger partial charge in [0.1, 0.15) is 14.4 Å². The molecule has 0 bridgehead atoms. The van der Waals surface area contributed by atoms with E-state index < -0.39 is 9.84 Å². The molecule has 14 heavy (non-hydrogen) atoms. The first-order valence-electron chi connectivity index (χ1n) is 3.88. The summed E-state index contributed by atoms with van der Waals surface area (Å²) in [6.07, 6.45) is 1.23. The zero-order chi connectivity index (χ0) is 10.8. The first-order valence-corrected chi connectivity index (χ1v) is 7.62. The summed E-state index contributed by atoms with van der Waals surface area (Å²) in [5.74, 6) is 0.153. The van der Waals surface area contributed by atoms with Crippen molar-refractivity contribution in [2.24, 2.45) is 0 Å². The van der Waals surface area contributed by atoms with E-state index >= 15 is 0 Å². The number of rotatable bonds is 4. The first-order chi connectivity index (χ1) is 6.38. The van der Waals surface area contributed by atoms with Gasteiger partial charge >= 0.3 is 0 Å². The van der Waals surface area contributed by atoms with E-state index in [-0.39, 0.29) is 5.75 Å². The molecule has 0 aliphatic heterocycles. The van der Waals surface area contributed by atoms with Gasteiger partial charge in [-0.15, -0.1) is 11.3 Å². The van der Waals surface area contributed by atoms with Crippen LogP contribution in [0.25, 0.3) is 0 Å². The summed E-state index contributed by atoms with van der Waals surface area (Å²) in [4.78, 5) is 6.01. The predicted octanol–water partition coefficient (Wildman–Crippen LogP) is 1.39. The second kappa shape index (κ2) is 4.59. The minimum Gasteiger partial charge on any atom is -0.350 e. The van der Waals surface area contributed by atoms with E-state index in [1.54, 1.807) is 0 Å². The Labute approximate surface area is 96.0 Å². The van der Waals surface area contributed by atoms with Crippen LogP contribution in [0.15, 0.2) is 9.98 Å². The van der Waals surface area contributed by atoms with Crippen LogP contribution in [0.4, 0.5) is 5.13 Å². The average molecular weight is 299 g/mol. The van der Waals surface area contributed by atoms with Crippen molar-refractivity contribution in [3.8, 4) is 0 Å². The molecule has 0 saturated carbocycles. The number of thiazole rings is 1. The summed E-state index contributed by atoms with van der Waals surface area (Å²) < 4.78 is 22.6. The van der Waals surface area contributed by atoms with Gasteiger partial charge in [0.2, 0.25) is 0 Å². The summed E-state index contributed by atoms with van der Waals surface area (Å²) in [5.41, 5.74) is 0. The summed E-state index contributed by atoms with van der Waals surface area (Å²) in [5, 5.41) is 2.69. The van der Waals surface area contributed by atoms with Crippen molar-refractivity contribution < 1.29 is 8.42 Å². The molecule has 0 N–H and O–H groups in total. The summed E-state index contributed by atoms with van der Waals surface area (Å²) in [6, 6.07) is 0. The van der Waals surface area contributed by atoms with Crippen LogP contribution in [0.5, 0.6) is 0 Å². The second-order valence-electron chi connectivity index (χ2n) is 3.00. The average Bonchev–Trinajstić information content (AvgIpc) is 2.46. The second-order valence-corrected chi connectivity index (χ2v) is 6.91. The summed E-state index contributed by atoms with van der Waals surface area (Å²) in [7, 11) is -1.07. The van der Waals surface area contributed by atoms with Crippen molar-refractivity contribution in [3.63, 3.8) is 0 Å². The molecule has 0 aliphatic rings. The predicted molar refractivity (Wildman–Crippen MR) is 62.8 cm³/mol. The maximum absolute atomic E-state index is 10.9. The van der Waals surface area contributed by atoms with Gasteiger partial charge in [0.25, 0.3) is 0 Å². The Morgan fingerprint density at radius 2 is 2.29 bits per heavy atom. The lowest BCUT2D eigenvalue weighted by Crippen LogP contribution is -2.24. The molecule has 4 nitrogen and oxygen atoms in total. The van der Waals surface area contributed by atoms with Crippen LogP contribution in [-0.2, 0) is 9.84 Å². The molecular weight excluding hydrogens is 288 g/mol. The van der Waals surface area contributed by atoms with Gasteiger partial charge in [0, 0.05) is 25.2 Å². The smallest absolute Gasteiger partial charge is 0.186 e. The van der Waals surface area contributed by atoms with Gasteiger partial charge in [-0.2, -0.15) is 0 Å². The number of halogens is 1. The Hall–Kier alpha value is -0.140. The highest BCUT2D eigenvalue weighted by atomic mass is 79.9. The molecule has 7 heteroatoms. The molecule has 0 radical (unpaired) electrons. The van der Waals surface area contributed by atoms with E-state index in [4.69, 9.17) is 0 Å². The molecule has 1 aromatic rings. The Kier molecular flexibility index (Phi) is 3.91. The summed E-state index contributed by atoms with van der Waals surface area (Å²) in [6.45, 7) is 0.471. The molecule has 0 aliphatic carbocycles. The van der Waals surface area contributed by atoms with Crippen molar-refractivity contribution in [2.45, 2.75) is 0 Å². The SMILES string of the molecule is CN(CCS(C)(=O)=O)c1nc(Br)cs1. The fourth-order valence-corrected chi connectivity index (χ4v) is 2.67. The van der Waals surface area contributed by atoms with Gasteiger partial charge in [-0.05, 0) is 15.9 Å². The molecule has 0 aromatic carbocycles. The maximum Gasteiger partial charge on any atom is 0.186 e. The largest absolute Gasteiger partial charge is 0.350 e. The van der Waals surface area contributed by atoms with E-state index in [0.29, 0.717) is 6.54 Å². The highest BCUT2D eigenvalue weighted by Crippen LogP contribution is 2.22. The number of sulfone groups is 1. The molecule has 0 spiro atoms. The molecule has 1 heterocycles. The molecule has 1 rings (SSSR count). The lowest BCUT2D eigenvalue weighted by Gasteiger charge is -2.14. The van der Waals surface area contributed by atoms with Crippen LogP contribution in [-0.4, -0.2) is 39.0 Å². The summed E-state index contributed by atoms with van der Waals surface area (Å²) >= 11 is 4.73. The lowest BCUT2D eigenvalue weighted by atomic mass is 10.7. The van der Waals surface area contributed by atoms with Crippen molar-refractivity contribution in [1.29, 1.82) is 0 Å². The van der Waals surface area contributed by atoms with Crippen LogP contribution in [0.3, 0.4) is 0 Å². The molecular formula is C7H11BrN2O2S2. The molecule has 0 unspecified atom stereocenters. The van der Waals surface area contributed by atoms with Gasteiger partial charge in [0.15, 0.2) is 5.13 Å². The number of hydrogen-bond acceptors (Lipinski definition) is 5. The van der Waals surface area contributed by atoms with Crippen LogP contribution < -0.4 is 4.90 Å². The number of aromatic nitrogens is 1. The highest BCUT2D eigenvalue weighted by molar-refractivity contribution is 9.10. The molecule has 1 aromatic heterocycles. The normalized spacial score (nSPS) is 11.6. The topological polar surface area (TPSA) is 50.3 Å². The Morgan fingerprint density at radius 1 is 1.64 bits per heavy atom. The van der Waals surface area contributed by atoms with Gasteiger partial charge < -0.3 is 4.90 Å². The van der Waals surface area contributed by atoms with E-state index in [0.717, 1.165) is 9.73 Å². The van der Waals surface area contributed by atoms with E-state index in [2.05, 4.69) is 20.9 Å². The number of hydrogen-bond donors (Lipinski definition) is 0. The number of nitrogens with zero attached hydrogens (tertiary/aromatic N) is 2. The number of anilines is 1. The third kappa shape index (κ3) is 3.93. The Bertz CT molecular complexity index is 402. The molecule has 80 valence electrons. The van der Waals surface area contributed by atoms with Gasteiger partial charge in [-0.1, -0.05) is 0 Å². The quantitative estimate of drug-likeness (QED) is 0.843. The van der Waals surface area contributed by atoms with Crippen LogP contribution >= 0.6 is 27.3 Å². The Morgan fingerprint density at radius 3 is 2.71 bits per heavy atom. The zero-order valence-electron chi connectivity index (χ0n) is 7.90. The lowest BCUT2D eigenvalue weighted by molar-refractivity contribution is 0.601. The van der Waals surface area contributed by atoms with Crippen molar-refractivity contribution >= 4 is 42.2 Å². The highest BCUT2D eigenvalue weighted by Gasteiger charge is 2.08. The monoisotopic (exact) mass is 298 g/mol. The van der Waals surface area contributed by atoms with E-state index in [9.17, 15) is 8.42 Å².